The average Bonchev–Trinajstić information content (AvgIpc) is 2.44. The van der Waals surface area contributed by atoms with Gasteiger partial charge in [0.15, 0.2) is 5.41 Å². The maximum atomic E-state index is 12.0. The lowest BCUT2D eigenvalue weighted by Gasteiger charge is -2.33. The quantitative estimate of drug-likeness (QED) is 0.429. The van der Waals surface area contributed by atoms with Gasteiger partial charge in [0, 0.05) is 12.3 Å². The van der Waals surface area contributed by atoms with Crippen LogP contribution in [0.1, 0.15) is 12.8 Å². The van der Waals surface area contributed by atoms with Crippen molar-refractivity contribution >= 4 is 11.9 Å². The molecule has 0 aromatic carbocycles. The third-order valence-corrected chi connectivity index (χ3v) is 3.09. The molecule has 0 heterocycles. The minimum Gasteiger partial charge on any atom is -0.468 e. The fourth-order valence-electron chi connectivity index (χ4n) is 2.13. The predicted octanol–water partition coefficient (Wildman–Crippen LogP) is 1.47. The van der Waals surface area contributed by atoms with Gasteiger partial charge in [-0.3, -0.25) is 9.59 Å². The lowest BCUT2D eigenvalue weighted by atomic mass is 9.70. The predicted molar refractivity (Wildman–Crippen MR) is 66.3 cm³/mol. The Morgan fingerprint density at radius 3 is 2.33 bits per heavy atom. The van der Waals surface area contributed by atoms with Crippen LogP contribution in [0, 0.1) is 23.7 Å². The van der Waals surface area contributed by atoms with E-state index in [1.807, 2.05) is 12.2 Å². The molecule has 1 atom stereocenters. The van der Waals surface area contributed by atoms with Crippen LogP contribution in [-0.4, -0.2) is 26.2 Å². The molecule has 0 amide bonds. The van der Waals surface area contributed by atoms with Gasteiger partial charge < -0.3 is 9.47 Å². The molecular weight excluding hydrogens is 232 g/mol. The summed E-state index contributed by atoms with van der Waals surface area (Å²) in [6.07, 6.45) is 13.1. The van der Waals surface area contributed by atoms with Gasteiger partial charge in [-0.25, -0.2) is 0 Å². The van der Waals surface area contributed by atoms with E-state index in [0.29, 0.717) is 6.42 Å². The Bertz CT molecular complexity index is 410. The lowest BCUT2D eigenvalue weighted by Crippen LogP contribution is -2.46. The van der Waals surface area contributed by atoms with Crippen LogP contribution in [0.2, 0.25) is 0 Å². The number of hydrogen-bond acceptors (Lipinski definition) is 4. The van der Waals surface area contributed by atoms with Gasteiger partial charge in [0.1, 0.15) is 0 Å². The minimum absolute atomic E-state index is 0.0464. The van der Waals surface area contributed by atoms with Crippen LogP contribution in [0.25, 0.3) is 0 Å². The Morgan fingerprint density at radius 2 is 1.94 bits per heavy atom. The summed E-state index contributed by atoms with van der Waals surface area (Å²) < 4.78 is 9.50. The first-order valence-corrected chi connectivity index (χ1v) is 5.57. The molecule has 1 unspecified atom stereocenters. The van der Waals surface area contributed by atoms with Crippen LogP contribution in [0.5, 0.6) is 0 Å². The van der Waals surface area contributed by atoms with Crippen LogP contribution in [0.4, 0.5) is 0 Å². The van der Waals surface area contributed by atoms with Gasteiger partial charge in [-0.15, -0.1) is 12.3 Å². The molecule has 0 radical (unpaired) electrons. The highest BCUT2D eigenvalue weighted by atomic mass is 16.5. The number of ether oxygens (including phenoxy) is 2. The number of methoxy groups -OCH3 is 2. The van der Waals surface area contributed by atoms with E-state index in [0.717, 1.165) is 0 Å². The van der Waals surface area contributed by atoms with Gasteiger partial charge in [0.25, 0.3) is 0 Å². The molecule has 0 spiro atoms. The first kappa shape index (κ1) is 14.0. The first-order chi connectivity index (χ1) is 8.63. The molecule has 1 aliphatic carbocycles. The van der Waals surface area contributed by atoms with E-state index < -0.39 is 17.4 Å². The van der Waals surface area contributed by atoms with Crippen molar-refractivity contribution in [1.29, 1.82) is 0 Å². The van der Waals surface area contributed by atoms with Crippen molar-refractivity contribution in [1.82, 2.24) is 0 Å². The third-order valence-electron chi connectivity index (χ3n) is 3.09. The molecule has 96 valence electrons. The summed E-state index contributed by atoms with van der Waals surface area (Å²) in [5.41, 5.74) is -1.46. The zero-order valence-corrected chi connectivity index (χ0v) is 10.5. The topological polar surface area (TPSA) is 52.6 Å². The number of hydrogen-bond donors (Lipinski definition) is 0. The summed E-state index contributed by atoms with van der Waals surface area (Å²) in [7, 11) is 2.47. The zero-order valence-electron chi connectivity index (χ0n) is 10.5. The van der Waals surface area contributed by atoms with Crippen molar-refractivity contribution < 1.29 is 19.1 Å². The Balaban J connectivity index is 3.24. The number of carbonyl (C=O) groups excluding carboxylic acids is 2. The Morgan fingerprint density at radius 1 is 1.33 bits per heavy atom. The lowest BCUT2D eigenvalue weighted by molar-refractivity contribution is -0.172. The number of carbonyl (C=O) groups is 2. The second-order valence-electron chi connectivity index (χ2n) is 3.99. The van der Waals surface area contributed by atoms with Crippen LogP contribution in [0.3, 0.4) is 0 Å². The van der Waals surface area contributed by atoms with Crippen LogP contribution in [-0.2, 0) is 19.1 Å². The maximum absolute atomic E-state index is 12.0. The summed E-state index contributed by atoms with van der Waals surface area (Å²) in [6, 6.07) is 0. The molecule has 0 bridgehead atoms. The van der Waals surface area contributed by atoms with Crippen LogP contribution >= 0.6 is 0 Å². The fraction of sp³-hybridized carbons (Fsp3) is 0.429. The SMILES string of the molecule is C#CCC(C(=O)OC)(C(=O)OC)C1C=CC=CC1. The highest BCUT2D eigenvalue weighted by Crippen LogP contribution is 2.39. The largest absolute Gasteiger partial charge is 0.468 e. The molecule has 0 aliphatic heterocycles. The molecule has 0 aromatic rings. The van der Waals surface area contributed by atoms with Gasteiger partial charge in [0.05, 0.1) is 14.2 Å². The second kappa shape index (κ2) is 6.06. The molecule has 1 aliphatic rings. The van der Waals surface area contributed by atoms with Crippen LogP contribution in [0.15, 0.2) is 24.3 Å². The Hall–Kier alpha value is -2.02. The van der Waals surface area contributed by atoms with E-state index >= 15 is 0 Å². The Kier molecular flexibility index (Phi) is 4.73. The second-order valence-corrected chi connectivity index (χ2v) is 3.99. The van der Waals surface area contributed by atoms with Crippen LogP contribution < -0.4 is 0 Å². The molecule has 4 heteroatoms. The summed E-state index contributed by atoms with van der Waals surface area (Å²) >= 11 is 0. The molecule has 0 saturated heterocycles. The molecule has 0 fully saturated rings. The fourth-order valence-corrected chi connectivity index (χ4v) is 2.13. The van der Waals surface area contributed by atoms with Crippen molar-refractivity contribution in [2.75, 3.05) is 14.2 Å². The van der Waals surface area contributed by atoms with E-state index in [-0.39, 0.29) is 12.3 Å². The molecule has 0 N–H and O–H groups in total. The molecule has 0 aromatic heterocycles. The van der Waals surface area contributed by atoms with Gasteiger partial charge in [0.2, 0.25) is 0 Å². The van der Waals surface area contributed by atoms with E-state index in [4.69, 9.17) is 15.9 Å². The van der Waals surface area contributed by atoms with Gasteiger partial charge in [-0.05, 0) is 6.42 Å². The zero-order chi connectivity index (χ0) is 13.6. The standard InChI is InChI=1S/C14H16O4/c1-4-10-14(12(15)17-2,13(16)18-3)11-8-6-5-7-9-11/h1,5-8,11H,9-10H2,2-3H3. The molecule has 1 rings (SSSR count). The van der Waals surface area contributed by atoms with Gasteiger partial charge in [-0.1, -0.05) is 24.3 Å². The Labute approximate surface area is 107 Å². The van der Waals surface area contributed by atoms with Crippen molar-refractivity contribution in [3.63, 3.8) is 0 Å². The van der Waals surface area contributed by atoms with E-state index in [1.54, 1.807) is 12.2 Å². The van der Waals surface area contributed by atoms with Crippen molar-refractivity contribution in [2.24, 2.45) is 11.3 Å². The van der Waals surface area contributed by atoms with E-state index in [2.05, 4.69) is 5.92 Å². The molecular formula is C14H16O4. The highest BCUT2D eigenvalue weighted by Gasteiger charge is 2.53. The first-order valence-electron chi connectivity index (χ1n) is 5.57. The smallest absolute Gasteiger partial charge is 0.324 e. The molecule has 18 heavy (non-hydrogen) atoms. The molecule has 0 saturated carbocycles. The van der Waals surface area contributed by atoms with Crippen molar-refractivity contribution in [2.45, 2.75) is 12.8 Å². The third kappa shape index (κ3) is 2.30. The molecule has 4 nitrogen and oxygen atoms in total. The minimum atomic E-state index is -1.46. The van der Waals surface area contributed by atoms with Crippen molar-refractivity contribution in [3.8, 4) is 12.3 Å². The number of rotatable bonds is 4. The van der Waals surface area contributed by atoms with Gasteiger partial charge in [-0.2, -0.15) is 0 Å². The maximum Gasteiger partial charge on any atom is 0.324 e. The van der Waals surface area contributed by atoms with E-state index in [1.165, 1.54) is 14.2 Å². The summed E-state index contributed by atoms with van der Waals surface area (Å²) in [6.45, 7) is 0. The number of allylic oxidation sites excluding steroid dienone is 4. The highest BCUT2D eigenvalue weighted by molar-refractivity contribution is 6.01. The average molecular weight is 248 g/mol. The summed E-state index contributed by atoms with van der Waals surface area (Å²) in [5, 5.41) is 0. The number of terminal acetylenes is 1. The van der Waals surface area contributed by atoms with E-state index in [9.17, 15) is 9.59 Å². The number of esters is 2. The normalized spacial score (nSPS) is 17.9. The summed E-state index contributed by atoms with van der Waals surface area (Å²) in [5.74, 6) is 0.717. The van der Waals surface area contributed by atoms with Gasteiger partial charge >= 0.3 is 11.9 Å². The van der Waals surface area contributed by atoms with Crippen molar-refractivity contribution in [3.05, 3.63) is 24.3 Å². The summed E-state index contributed by atoms with van der Waals surface area (Å²) in [4.78, 5) is 24.1. The monoisotopic (exact) mass is 248 g/mol.